The highest BCUT2D eigenvalue weighted by molar-refractivity contribution is 5.85. The summed E-state index contributed by atoms with van der Waals surface area (Å²) in [6.07, 6.45) is 0. The lowest BCUT2D eigenvalue weighted by Crippen LogP contribution is -1.96. The molecule has 13 heavy (non-hydrogen) atoms. The Balaban J connectivity index is 0.000000845. The lowest BCUT2D eigenvalue weighted by molar-refractivity contribution is 0.446. The topological polar surface area (TPSA) is 52.0 Å². The molecular formula is C8H8ClFN2O. The van der Waals surface area contributed by atoms with Crippen molar-refractivity contribution >= 4 is 23.4 Å². The van der Waals surface area contributed by atoms with Gasteiger partial charge in [0.1, 0.15) is 11.5 Å². The molecule has 5 heteroatoms. The van der Waals surface area contributed by atoms with Gasteiger partial charge in [-0.15, -0.1) is 12.4 Å². The molecule has 2 rings (SSSR count). The van der Waals surface area contributed by atoms with Gasteiger partial charge in [0, 0.05) is 11.9 Å². The molecule has 2 N–H and O–H groups in total. The summed E-state index contributed by atoms with van der Waals surface area (Å²) in [5, 5.41) is 4.34. The van der Waals surface area contributed by atoms with Crippen LogP contribution in [-0.2, 0) is 6.54 Å². The SMILES string of the molecule is Cl.NCc1noc2ccc(F)cc12. The molecule has 0 saturated heterocycles. The molecule has 1 aromatic heterocycles. The second kappa shape index (κ2) is 3.72. The van der Waals surface area contributed by atoms with Gasteiger partial charge >= 0.3 is 0 Å². The number of hydrogen-bond donors (Lipinski definition) is 1. The lowest BCUT2D eigenvalue weighted by Gasteiger charge is -1.89. The van der Waals surface area contributed by atoms with E-state index < -0.39 is 0 Å². The smallest absolute Gasteiger partial charge is 0.167 e. The second-order valence-corrected chi connectivity index (χ2v) is 2.47. The van der Waals surface area contributed by atoms with Crippen LogP contribution < -0.4 is 5.73 Å². The number of fused-ring (bicyclic) bond motifs is 1. The molecule has 2 aromatic rings. The van der Waals surface area contributed by atoms with E-state index >= 15 is 0 Å². The van der Waals surface area contributed by atoms with Crippen molar-refractivity contribution in [3.8, 4) is 0 Å². The van der Waals surface area contributed by atoms with Crippen LogP contribution in [0.4, 0.5) is 4.39 Å². The van der Waals surface area contributed by atoms with E-state index in [1.807, 2.05) is 0 Å². The lowest BCUT2D eigenvalue weighted by atomic mass is 10.2. The summed E-state index contributed by atoms with van der Waals surface area (Å²) in [4.78, 5) is 0. The average Bonchev–Trinajstić information content (AvgIpc) is 2.46. The molecule has 0 atom stereocenters. The van der Waals surface area contributed by atoms with Crippen molar-refractivity contribution < 1.29 is 8.91 Å². The Morgan fingerprint density at radius 3 is 2.92 bits per heavy atom. The van der Waals surface area contributed by atoms with Crippen LogP contribution >= 0.6 is 12.4 Å². The largest absolute Gasteiger partial charge is 0.356 e. The maximum atomic E-state index is 12.7. The minimum absolute atomic E-state index is 0. The first-order valence-corrected chi connectivity index (χ1v) is 3.55. The highest BCUT2D eigenvalue weighted by Crippen LogP contribution is 2.18. The predicted octanol–water partition coefficient (Wildman–Crippen LogP) is 1.85. The number of hydrogen-bond acceptors (Lipinski definition) is 3. The van der Waals surface area contributed by atoms with Crippen LogP contribution in [0.1, 0.15) is 5.69 Å². The van der Waals surface area contributed by atoms with Crippen molar-refractivity contribution in [3.63, 3.8) is 0 Å². The van der Waals surface area contributed by atoms with E-state index in [1.54, 1.807) is 0 Å². The maximum Gasteiger partial charge on any atom is 0.167 e. The van der Waals surface area contributed by atoms with Crippen molar-refractivity contribution in [2.45, 2.75) is 6.54 Å². The zero-order chi connectivity index (χ0) is 8.55. The fourth-order valence-electron chi connectivity index (χ4n) is 1.11. The van der Waals surface area contributed by atoms with Crippen LogP contribution in [0.25, 0.3) is 11.0 Å². The van der Waals surface area contributed by atoms with E-state index in [4.69, 9.17) is 10.3 Å². The minimum atomic E-state index is -0.305. The average molecular weight is 203 g/mol. The zero-order valence-electron chi connectivity index (χ0n) is 6.66. The number of aromatic nitrogens is 1. The molecule has 70 valence electrons. The highest BCUT2D eigenvalue weighted by Gasteiger charge is 2.06. The molecule has 1 heterocycles. The molecule has 0 spiro atoms. The van der Waals surface area contributed by atoms with Gasteiger partial charge in [-0.3, -0.25) is 0 Å². The van der Waals surface area contributed by atoms with E-state index in [2.05, 4.69) is 5.16 Å². The predicted molar refractivity (Wildman–Crippen MR) is 49.1 cm³/mol. The summed E-state index contributed by atoms with van der Waals surface area (Å²) < 4.78 is 17.6. The summed E-state index contributed by atoms with van der Waals surface area (Å²) in [5.74, 6) is -0.305. The Kier molecular flexibility index (Phi) is 2.85. The fourth-order valence-corrected chi connectivity index (χ4v) is 1.11. The van der Waals surface area contributed by atoms with Crippen molar-refractivity contribution in [1.29, 1.82) is 0 Å². The number of halogens is 2. The highest BCUT2D eigenvalue weighted by atomic mass is 35.5. The van der Waals surface area contributed by atoms with Gasteiger partial charge in [0.2, 0.25) is 0 Å². The molecular weight excluding hydrogens is 195 g/mol. The van der Waals surface area contributed by atoms with Crippen LogP contribution in [0.5, 0.6) is 0 Å². The zero-order valence-corrected chi connectivity index (χ0v) is 7.47. The maximum absolute atomic E-state index is 12.7. The number of benzene rings is 1. The third kappa shape index (κ3) is 1.64. The molecule has 0 aliphatic rings. The van der Waals surface area contributed by atoms with E-state index in [0.29, 0.717) is 16.7 Å². The number of nitrogens with two attached hydrogens (primary N) is 1. The molecule has 0 aliphatic heterocycles. The summed E-state index contributed by atoms with van der Waals surface area (Å²) in [6.45, 7) is 0.260. The molecule has 0 fully saturated rings. The quantitative estimate of drug-likeness (QED) is 0.768. The van der Waals surface area contributed by atoms with Gasteiger partial charge in [-0.05, 0) is 18.2 Å². The summed E-state index contributed by atoms with van der Waals surface area (Å²) in [6, 6.07) is 4.23. The monoisotopic (exact) mass is 202 g/mol. The first-order chi connectivity index (χ1) is 5.81. The first-order valence-electron chi connectivity index (χ1n) is 3.55. The fraction of sp³-hybridized carbons (Fsp3) is 0.125. The number of rotatable bonds is 1. The molecule has 0 saturated carbocycles. The van der Waals surface area contributed by atoms with Gasteiger partial charge in [-0.2, -0.15) is 0 Å². The van der Waals surface area contributed by atoms with Crippen LogP contribution in [0.3, 0.4) is 0 Å². The molecule has 0 bridgehead atoms. The third-order valence-corrected chi connectivity index (χ3v) is 1.70. The van der Waals surface area contributed by atoms with Gasteiger partial charge in [-0.1, -0.05) is 5.16 Å². The Morgan fingerprint density at radius 1 is 1.46 bits per heavy atom. The Labute approximate surface area is 80.1 Å². The van der Waals surface area contributed by atoms with E-state index in [1.165, 1.54) is 18.2 Å². The van der Waals surface area contributed by atoms with E-state index in [9.17, 15) is 4.39 Å². The molecule has 0 amide bonds. The first kappa shape index (κ1) is 9.95. The van der Waals surface area contributed by atoms with Crippen LogP contribution in [0.2, 0.25) is 0 Å². The standard InChI is InChI=1S/C8H7FN2O.ClH/c9-5-1-2-8-6(3-5)7(4-10)11-12-8;/h1-3H,4,10H2;1H. The summed E-state index contributed by atoms with van der Waals surface area (Å²) in [7, 11) is 0. The van der Waals surface area contributed by atoms with Crippen LogP contribution in [0, 0.1) is 5.82 Å². The summed E-state index contributed by atoms with van der Waals surface area (Å²) in [5.41, 5.74) is 6.52. The third-order valence-electron chi connectivity index (χ3n) is 1.70. The van der Waals surface area contributed by atoms with Gasteiger partial charge in [0.15, 0.2) is 5.58 Å². The van der Waals surface area contributed by atoms with Gasteiger partial charge in [0.25, 0.3) is 0 Å². The molecule has 3 nitrogen and oxygen atoms in total. The summed E-state index contributed by atoms with van der Waals surface area (Å²) >= 11 is 0. The Morgan fingerprint density at radius 2 is 2.23 bits per heavy atom. The molecule has 1 aromatic carbocycles. The van der Waals surface area contributed by atoms with E-state index in [-0.39, 0.29) is 24.8 Å². The second-order valence-electron chi connectivity index (χ2n) is 2.47. The van der Waals surface area contributed by atoms with Gasteiger partial charge < -0.3 is 10.3 Å². The van der Waals surface area contributed by atoms with Crippen molar-refractivity contribution in [2.24, 2.45) is 5.73 Å². The van der Waals surface area contributed by atoms with Crippen LogP contribution in [-0.4, -0.2) is 5.16 Å². The van der Waals surface area contributed by atoms with Crippen molar-refractivity contribution in [2.75, 3.05) is 0 Å². The Bertz CT molecular complexity index is 415. The normalized spacial score (nSPS) is 10.0. The van der Waals surface area contributed by atoms with Gasteiger partial charge in [0.05, 0.1) is 0 Å². The van der Waals surface area contributed by atoms with Crippen LogP contribution in [0.15, 0.2) is 22.7 Å². The molecule has 0 radical (unpaired) electrons. The van der Waals surface area contributed by atoms with E-state index in [0.717, 1.165) is 0 Å². The molecule has 0 aliphatic carbocycles. The Hall–Kier alpha value is -1.13. The van der Waals surface area contributed by atoms with Crippen molar-refractivity contribution in [3.05, 3.63) is 29.7 Å². The minimum Gasteiger partial charge on any atom is -0.356 e. The van der Waals surface area contributed by atoms with Gasteiger partial charge in [-0.25, -0.2) is 4.39 Å². The molecule has 0 unspecified atom stereocenters. The van der Waals surface area contributed by atoms with Crippen molar-refractivity contribution in [1.82, 2.24) is 5.16 Å². The number of nitrogens with zero attached hydrogens (tertiary/aromatic N) is 1.